The summed E-state index contributed by atoms with van der Waals surface area (Å²) in [6.45, 7) is 4.40. The van der Waals surface area contributed by atoms with E-state index in [0.717, 1.165) is 17.1 Å². The summed E-state index contributed by atoms with van der Waals surface area (Å²) in [5, 5.41) is 12.2. The van der Waals surface area contributed by atoms with Crippen LogP contribution < -0.4 is 10.1 Å². The van der Waals surface area contributed by atoms with Crippen molar-refractivity contribution in [2.45, 2.75) is 13.8 Å². The van der Waals surface area contributed by atoms with Crippen molar-refractivity contribution in [3.05, 3.63) is 59.0 Å². The second-order valence-corrected chi connectivity index (χ2v) is 7.20. The first kappa shape index (κ1) is 19.3. The van der Waals surface area contributed by atoms with Crippen molar-refractivity contribution in [2.24, 2.45) is 0 Å². The molecule has 2 aromatic heterocycles. The highest BCUT2D eigenvalue weighted by Gasteiger charge is 2.17. The molecule has 0 spiro atoms. The number of aromatic nitrogens is 5. The van der Waals surface area contributed by atoms with Gasteiger partial charge in [0.15, 0.2) is 11.5 Å². The van der Waals surface area contributed by atoms with Gasteiger partial charge in [-0.2, -0.15) is 9.36 Å². The summed E-state index contributed by atoms with van der Waals surface area (Å²) in [7, 11) is 0. The molecule has 1 N–H and O–H groups in total. The van der Waals surface area contributed by atoms with Gasteiger partial charge in [0.2, 0.25) is 5.13 Å². The van der Waals surface area contributed by atoms with Crippen LogP contribution in [0.1, 0.15) is 12.6 Å². The number of halogens is 2. The molecule has 2 heterocycles. The number of hydrogen-bond donors (Lipinski definition) is 1. The molecule has 10 heteroatoms. The number of nitrogens with zero attached hydrogens (tertiary/aromatic N) is 5. The standard InChI is InChI=1S/C19H16ClFN6OS/c1-3-28-14-7-4-12(5-8-14)22-19-23-18(25-29-19)17-11(2)27(26-24-17)13-6-9-16(21)15(20)10-13/h4-10H,3H2,1-2H3,(H,22,23,25). The number of nitrogens with one attached hydrogen (secondary N) is 1. The van der Waals surface area contributed by atoms with Gasteiger partial charge in [-0.3, -0.25) is 0 Å². The first-order valence-electron chi connectivity index (χ1n) is 8.77. The highest BCUT2D eigenvalue weighted by Crippen LogP contribution is 2.27. The maximum atomic E-state index is 13.4. The SMILES string of the molecule is CCOc1ccc(Nc2nc(-c3nnn(-c4ccc(F)c(Cl)c4)c3C)ns2)cc1. The summed E-state index contributed by atoms with van der Waals surface area (Å²) >= 11 is 7.09. The zero-order valence-corrected chi connectivity index (χ0v) is 17.1. The molecule has 4 rings (SSSR count). The highest BCUT2D eigenvalue weighted by molar-refractivity contribution is 7.09. The Labute approximate surface area is 175 Å². The van der Waals surface area contributed by atoms with Crippen LogP contribution in [0.15, 0.2) is 42.5 Å². The molecule has 0 aliphatic rings. The van der Waals surface area contributed by atoms with Crippen molar-refractivity contribution >= 4 is 34.0 Å². The molecule has 29 heavy (non-hydrogen) atoms. The average molecular weight is 431 g/mol. The summed E-state index contributed by atoms with van der Waals surface area (Å²) < 4.78 is 24.8. The molecular weight excluding hydrogens is 415 g/mol. The molecule has 0 bridgehead atoms. The first-order chi connectivity index (χ1) is 14.0. The van der Waals surface area contributed by atoms with E-state index >= 15 is 0 Å². The molecule has 0 radical (unpaired) electrons. The van der Waals surface area contributed by atoms with E-state index in [2.05, 4.69) is 25.0 Å². The van der Waals surface area contributed by atoms with Crippen LogP contribution in [-0.2, 0) is 0 Å². The molecule has 0 amide bonds. The van der Waals surface area contributed by atoms with Crippen LogP contribution in [0.25, 0.3) is 17.2 Å². The van der Waals surface area contributed by atoms with Crippen molar-refractivity contribution in [1.82, 2.24) is 24.4 Å². The van der Waals surface area contributed by atoms with Gasteiger partial charge in [-0.05, 0) is 56.3 Å². The predicted octanol–water partition coefficient (Wildman–Crippen LogP) is 5.03. The van der Waals surface area contributed by atoms with Gasteiger partial charge in [0.05, 0.1) is 23.0 Å². The molecule has 0 aliphatic carbocycles. The van der Waals surface area contributed by atoms with Gasteiger partial charge in [-0.25, -0.2) is 9.07 Å². The van der Waals surface area contributed by atoms with Gasteiger partial charge in [-0.15, -0.1) is 5.10 Å². The first-order valence-corrected chi connectivity index (χ1v) is 9.92. The minimum Gasteiger partial charge on any atom is -0.494 e. The van der Waals surface area contributed by atoms with E-state index in [9.17, 15) is 4.39 Å². The molecule has 0 fully saturated rings. The average Bonchev–Trinajstić information content (AvgIpc) is 3.32. The lowest BCUT2D eigenvalue weighted by Gasteiger charge is -2.05. The van der Waals surface area contributed by atoms with Crippen molar-refractivity contribution < 1.29 is 9.13 Å². The van der Waals surface area contributed by atoms with Gasteiger partial charge in [0, 0.05) is 17.2 Å². The Morgan fingerprint density at radius 1 is 1.21 bits per heavy atom. The third kappa shape index (κ3) is 4.06. The molecule has 0 saturated heterocycles. The largest absolute Gasteiger partial charge is 0.494 e. The van der Waals surface area contributed by atoms with Crippen molar-refractivity contribution in [1.29, 1.82) is 0 Å². The minimum atomic E-state index is -0.486. The third-order valence-electron chi connectivity index (χ3n) is 4.10. The molecule has 2 aromatic carbocycles. The summed E-state index contributed by atoms with van der Waals surface area (Å²) in [5.74, 6) is 0.782. The lowest BCUT2D eigenvalue weighted by atomic mass is 10.3. The summed E-state index contributed by atoms with van der Waals surface area (Å²) in [6.07, 6.45) is 0. The number of rotatable bonds is 6. The lowest BCUT2D eigenvalue weighted by Crippen LogP contribution is -1.99. The highest BCUT2D eigenvalue weighted by atomic mass is 35.5. The van der Waals surface area contributed by atoms with Crippen molar-refractivity contribution in [3.63, 3.8) is 0 Å². The zero-order chi connectivity index (χ0) is 20.4. The van der Waals surface area contributed by atoms with E-state index in [1.54, 1.807) is 10.7 Å². The maximum Gasteiger partial charge on any atom is 0.207 e. The maximum absolute atomic E-state index is 13.4. The van der Waals surface area contributed by atoms with Crippen LogP contribution in [-0.4, -0.2) is 31.0 Å². The Kier molecular flexibility index (Phi) is 5.41. The normalized spacial score (nSPS) is 10.9. The van der Waals surface area contributed by atoms with E-state index in [-0.39, 0.29) is 5.02 Å². The second kappa shape index (κ2) is 8.14. The van der Waals surface area contributed by atoms with Crippen LogP contribution in [0, 0.1) is 12.7 Å². The summed E-state index contributed by atoms with van der Waals surface area (Å²) in [6, 6.07) is 12.0. The van der Waals surface area contributed by atoms with Crippen LogP contribution in [0.5, 0.6) is 5.75 Å². The van der Waals surface area contributed by atoms with E-state index in [1.165, 1.54) is 23.7 Å². The Morgan fingerprint density at radius 2 is 2.00 bits per heavy atom. The fourth-order valence-corrected chi connectivity index (χ4v) is 3.46. The Morgan fingerprint density at radius 3 is 2.72 bits per heavy atom. The Hall–Kier alpha value is -3.04. The monoisotopic (exact) mass is 430 g/mol. The van der Waals surface area contributed by atoms with Crippen molar-refractivity contribution in [3.8, 4) is 23.0 Å². The fraction of sp³-hybridized carbons (Fsp3) is 0.158. The molecule has 4 aromatic rings. The van der Waals surface area contributed by atoms with Gasteiger partial charge in [0.1, 0.15) is 11.6 Å². The molecule has 148 valence electrons. The predicted molar refractivity (Wildman–Crippen MR) is 111 cm³/mol. The second-order valence-electron chi connectivity index (χ2n) is 6.04. The number of ether oxygens (including phenoxy) is 1. The van der Waals surface area contributed by atoms with E-state index < -0.39 is 5.82 Å². The van der Waals surface area contributed by atoms with Crippen LogP contribution >= 0.6 is 23.1 Å². The zero-order valence-electron chi connectivity index (χ0n) is 15.6. The Bertz CT molecular complexity index is 1140. The van der Waals surface area contributed by atoms with Crippen LogP contribution in [0.3, 0.4) is 0 Å². The van der Waals surface area contributed by atoms with Crippen molar-refractivity contribution in [2.75, 3.05) is 11.9 Å². The smallest absolute Gasteiger partial charge is 0.207 e. The number of hydrogen-bond acceptors (Lipinski definition) is 7. The van der Waals surface area contributed by atoms with Gasteiger partial charge in [-0.1, -0.05) is 16.8 Å². The number of benzene rings is 2. The molecule has 0 aliphatic heterocycles. The Balaban J connectivity index is 1.55. The van der Waals surface area contributed by atoms with Crippen LogP contribution in [0.2, 0.25) is 5.02 Å². The van der Waals surface area contributed by atoms with Gasteiger partial charge < -0.3 is 10.1 Å². The molecule has 7 nitrogen and oxygen atoms in total. The molecule has 0 atom stereocenters. The quantitative estimate of drug-likeness (QED) is 0.462. The minimum absolute atomic E-state index is 0.0209. The number of anilines is 2. The van der Waals surface area contributed by atoms with E-state index in [4.69, 9.17) is 16.3 Å². The molecule has 0 saturated carbocycles. The fourth-order valence-electron chi connectivity index (χ4n) is 2.69. The van der Waals surface area contributed by atoms with E-state index in [1.807, 2.05) is 38.1 Å². The molecule has 0 unspecified atom stereocenters. The van der Waals surface area contributed by atoms with E-state index in [0.29, 0.717) is 28.9 Å². The topological polar surface area (TPSA) is 77.8 Å². The van der Waals surface area contributed by atoms with Gasteiger partial charge >= 0.3 is 0 Å². The van der Waals surface area contributed by atoms with Gasteiger partial charge in [0.25, 0.3) is 0 Å². The van der Waals surface area contributed by atoms with Crippen LogP contribution in [0.4, 0.5) is 15.2 Å². The summed E-state index contributed by atoms with van der Waals surface area (Å²) in [5.41, 5.74) is 2.74. The lowest BCUT2D eigenvalue weighted by molar-refractivity contribution is 0.340. The summed E-state index contributed by atoms with van der Waals surface area (Å²) in [4.78, 5) is 4.50. The molecular formula is C19H16ClFN6OS. The third-order valence-corrected chi connectivity index (χ3v) is 5.02.